The van der Waals surface area contributed by atoms with Gasteiger partial charge < -0.3 is 14.1 Å². The fourth-order valence-electron chi connectivity index (χ4n) is 2.58. The second-order valence-electron chi connectivity index (χ2n) is 6.47. The normalized spacial score (nSPS) is 23.9. The van der Waals surface area contributed by atoms with E-state index in [9.17, 15) is 4.79 Å². The van der Waals surface area contributed by atoms with Gasteiger partial charge in [0.25, 0.3) is 0 Å². The van der Waals surface area contributed by atoms with E-state index in [4.69, 9.17) is 9.31 Å². The van der Waals surface area contributed by atoms with Gasteiger partial charge in [-0.1, -0.05) is 18.2 Å². The number of hydrogen-bond acceptors (Lipinski definition) is 3. The van der Waals surface area contributed by atoms with E-state index in [0.717, 1.165) is 17.5 Å². The molecule has 0 radical (unpaired) electrons. The second-order valence-corrected chi connectivity index (χ2v) is 6.47. The van der Waals surface area contributed by atoms with Gasteiger partial charge in [-0.25, -0.2) is 0 Å². The maximum absolute atomic E-state index is 12.6. The summed E-state index contributed by atoms with van der Waals surface area (Å²) in [7, 11) is -0.596. The number of amides is 1. The molecule has 0 saturated carbocycles. The molecule has 5 heteroatoms. The molecule has 1 aromatic carbocycles. The van der Waals surface area contributed by atoms with Crippen molar-refractivity contribution in [2.45, 2.75) is 45.3 Å². The van der Waals surface area contributed by atoms with Crippen LogP contribution in [0.5, 0.6) is 0 Å². The highest BCUT2D eigenvalue weighted by Gasteiger charge is 2.55. The zero-order chi connectivity index (χ0) is 14.5. The minimum Gasteiger partial charge on any atom is -0.384 e. The zero-order valence-corrected chi connectivity index (χ0v) is 12.5. The standard InChI is InChI=1S/C15H20BNO3/c1-14(2)15(3,4)20-16(19-14)17-10-9-11-7-5-6-8-12(11)13(17)18/h5-8H,9-10H2,1-4H3. The van der Waals surface area contributed by atoms with Crippen LogP contribution in [-0.2, 0) is 15.7 Å². The van der Waals surface area contributed by atoms with E-state index in [2.05, 4.69) is 0 Å². The Morgan fingerprint density at radius 3 is 2.35 bits per heavy atom. The molecule has 0 aromatic heterocycles. The van der Waals surface area contributed by atoms with Crippen LogP contribution < -0.4 is 0 Å². The zero-order valence-electron chi connectivity index (χ0n) is 12.5. The molecule has 4 nitrogen and oxygen atoms in total. The third-order valence-electron chi connectivity index (χ3n) is 4.63. The van der Waals surface area contributed by atoms with Crippen LogP contribution in [0, 0.1) is 0 Å². The van der Waals surface area contributed by atoms with Crippen molar-refractivity contribution in [3.8, 4) is 0 Å². The Morgan fingerprint density at radius 2 is 1.70 bits per heavy atom. The van der Waals surface area contributed by atoms with Gasteiger partial charge in [0.1, 0.15) is 0 Å². The second kappa shape index (κ2) is 4.33. The number of nitrogens with zero attached hydrogens (tertiary/aromatic N) is 1. The average Bonchev–Trinajstić information content (AvgIpc) is 2.59. The van der Waals surface area contributed by atoms with Crippen molar-refractivity contribution in [3.05, 3.63) is 35.4 Å². The van der Waals surface area contributed by atoms with Crippen LogP contribution >= 0.6 is 0 Å². The van der Waals surface area contributed by atoms with Gasteiger partial charge in [-0.15, -0.1) is 0 Å². The predicted molar refractivity (Wildman–Crippen MR) is 77.3 cm³/mol. The van der Waals surface area contributed by atoms with Crippen molar-refractivity contribution in [2.24, 2.45) is 0 Å². The number of rotatable bonds is 1. The van der Waals surface area contributed by atoms with Crippen LogP contribution in [0.15, 0.2) is 24.3 Å². The van der Waals surface area contributed by atoms with Crippen molar-refractivity contribution >= 4 is 13.2 Å². The monoisotopic (exact) mass is 273 g/mol. The minimum absolute atomic E-state index is 0.00894. The lowest BCUT2D eigenvalue weighted by Gasteiger charge is -2.32. The Kier molecular flexibility index (Phi) is 2.96. The summed E-state index contributed by atoms with van der Waals surface area (Å²) in [6.45, 7) is 8.61. The third-order valence-corrected chi connectivity index (χ3v) is 4.63. The molecule has 1 amide bonds. The Morgan fingerprint density at radius 1 is 1.10 bits per heavy atom. The van der Waals surface area contributed by atoms with Crippen molar-refractivity contribution in [1.29, 1.82) is 0 Å². The molecular weight excluding hydrogens is 253 g/mol. The molecule has 0 atom stereocenters. The van der Waals surface area contributed by atoms with Gasteiger partial charge in [0.2, 0.25) is 5.91 Å². The van der Waals surface area contributed by atoms with E-state index in [-0.39, 0.29) is 5.91 Å². The van der Waals surface area contributed by atoms with Crippen molar-refractivity contribution in [2.75, 3.05) is 6.54 Å². The third kappa shape index (κ3) is 1.96. The molecule has 3 rings (SSSR count). The van der Waals surface area contributed by atoms with Gasteiger partial charge in [0.15, 0.2) is 0 Å². The molecule has 0 bridgehead atoms. The highest BCUT2D eigenvalue weighted by Crippen LogP contribution is 2.38. The molecular formula is C15H20BNO3. The summed E-state index contributed by atoms with van der Waals surface area (Å²) in [6.07, 6.45) is 0.839. The maximum Gasteiger partial charge on any atom is 0.596 e. The summed E-state index contributed by atoms with van der Waals surface area (Å²) in [5.41, 5.74) is 1.02. The summed E-state index contributed by atoms with van der Waals surface area (Å²) >= 11 is 0. The first kappa shape index (κ1) is 13.6. The summed E-state index contributed by atoms with van der Waals surface area (Å²) in [5, 5.41) is 0. The van der Waals surface area contributed by atoms with E-state index >= 15 is 0 Å². The first-order chi connectivity index (χ1) is 9.32. The van der Waals surface area contributed by atoms with Crippen molar-refractivity contribution < 1.29 is 14.1 Å². The van der Waals surface area contributed by atoms with Gasteiger partial charge in [-0.2, -0.15) is 0 Å². The number of benzene rings is 1. The molecule has 0 N–H and O–H groups in total. The molecule has 106 valence electrons. The quantitative estimate of drug-likeness (QED) is 0.737. The maximum atomic E-state index is 12.6. The SMILES string of the molecule is CC1(C)OB(N2CCc3ccccc3C2=O)OC1(C)C. The van der Waals surface area contributed by atoms with Gasteiger partial charge in [0, 0.05) is 12.1 Å². The van der Waals surface area contributed by atoms with E-state index < -0.39 is 18.5 Å². The lowest BCUT2D eigenvalue weighted by atomic mass is 9.90. The van der Waals surface area contributed by atoms with Crippen LogP contribution in [0.1, 0.15) is 43.6 Å². The van der Waals surface area contributed by atoms with Gasteiger partial charge in [-0.3, -0.25) is 4.79 Å². The largest absolute Gasteiger partial charge is 0.596 e. The Balaban J connectivity index is 1.86. The Bertz CT molecular complexity index is 540. The molecule has 0 unspecified atom stereocenters. The smallest absolute Gasteiger partial charge is 0.384 e. The van der Waals surface area contributed by atoms with E-state index in [1.165, 1.54) is 0 Å². The fourth-order valence-corrected chi connectivity index (χ4v) is 2.58. The fraction of sp³-hybridized carbons (Fsp3) is 0.533. The first-order valence-corrected chi connectivity index (χ1v) is 7.06. The molecule has 0 aliphatic carbocycles. The number of carbonyl (C=O) groups excluding carboxylic acids is 1. The van der Waals surface area contributed by atoms with Gasteiger partial charge >= 0.3 is 7.25 Å². The minimum atomic E-state index is -0.596. The average molecular weight is 273 g/mol. The molecule has 1 fully saturated rings. The van der Waals surface area contributed by atoms with Gasteiger partial charge in [-0.05, 0) is 45.7 Å². The molecule has 2 heterocycles. The molecule has 2 aliphatic heterocycles. The van der Waals surface area contributed by atoms with E-state index in [1.54, 1.807) is 4.81 Å². The summed E-state index contributed by atoms with van der Waals surface area (Å²) in [5.74, 6) is -0.00894. The molecule has 20 heavy (non-hydrogen) atoms. The summed E-state index contributed by atoms with van der Waals surface area (Å²) in [4.78, 5) is 14.3. The van der Waals surface area contributed by atoms with Crippen LogP contribution in [0.4, 0.5) is 0 Å². The van der Waals surface area contributed by atoms with Crippen LogP contribution in [0.25, 0.3) is 0 Å². The number of hydrogen-bond donors (Lipinski definition) is 0. The van der Waals surface area contributed by atoms with Crippen LogP contribution in [0.2, 0.25) is 0 Å². The van der Waals surface area contributed by atoms with Gasteiger partial charge in [0.05, 0.1) is 11.2 Å². The summed E-state index contributed by atoms with van der Waals surface area (Å²) in [6, 6.07) is 7.74. The topological polar surface area (TPSA) is 38.8 Å². The van der Waals surface area contributed by atoms with Crippen molar-refractivity contribution in [3.63, 3.8) is 0 Å². The Labute approximate surface area is 120 Å². The highest BCUT2D eigenvalue weighted by molar-refractivity contribution is 6.47. The molecule has 1 aromatic rings. The Hall–Kier alpha value is -1.33. The van der Waals surface area contributed by atoms with E-state index in [0.29, 0.717) is 6.54 Å². The lowest BCUT2D eigenvalue weighted by molar-refractivity contribution is 0.00578. The van der Waals surface area contributed by atoms with Crippen molar-refractivity contribution in [1.82, 2.24) is 4.81 Å². The lowest BCUT2D eigenvalue weighted by Crippen LogP contribution is -2.49. The molecule has 0 spiro atoms. The molecule has 2 aliphatic rings. The molecule has 1 saturated heterocycles. The van der Waals surface area contributed by atoms with Crippen LogP contribution in [0.3, 0.4) is 0 Å². The predicted octanol–water partition coefficient (Wildman–Crippen LogP) is 2.27. The summed E-state index contributed by atoms with van der Waals surface area (Å²) < 4.78 is 11.9. The van der Waals surface area contributed by atoms with E-state index in [1.807, 2.05) is 52.0 Å². The van der Waals surface area contributed by atoms with Crippen LogP contribution in [-0.4, -0.2) is 35.7 Å². The number of carbonyl (C=O) groups is 1. The highest BCUT2D eigenvalue weighted by atomic mass is 16.7. The first-order valence-electron chi connectivity index (χ1n) is 7.06. The number of fused-ring (bicyclic) bond motifs is 1.